The van der Waals surface area contributed by atoms with Gasteiger partial charge in [0, 0.05) is 45.4 Å². The van der Waals surface area contributed by atoms with Crippen molar-refractivity contribution in [3.8, 4) is 0 Å². The van der Waals surface area contributed by atoms with Crippen molar-refractivity contribution in [3.63, 3.8) is 0 Å². The molecule has 27 heavy (non-hydrogen) atoms. The third kappa shape index (κ3) is 3.37. The highest BCUT2D eigenvalue weighted by atomic mass is 16.5. The van der Waals surface area contributed by atoms with Gasteiger partial charge in [-0.25, -0.2) is 4.79 Å². The van der Waals surface area contributed by atoms with Gasteiger partial charge in [0.05, 0.1) is 5.52 Å². The molecule has 0 aliphatic carbocycles. The molecule has 144 valence electrons. The Morgan fingerprint density at radius 2 is 1.85 bits per heavy atom. The standard InChI is InChI=1S/C19H23N3O5/c1-20-14-12-13(5-6-15(14)27-19(20)25)17(23)21-7-3-8-22(10-9-21)18(24)16-4-2-11-26-16/h5-6,12,16H,2-4,7-11H2,1H3. The highest BCUT2D eigenvalue weighted by Crippen LogP contribution is 2.19. The second-order valence-electron chi connectivity index (χ2n) is 7.08. The highest BCUT2D eigenvalue weighted by Gasteiger charge is 2.30. The van der Waals surface area contributed by atoms with Crippen molar-refractivity contribution in [2.45, 2.75) is 25.4 Å². The fraction of sp³-hybridized carbons (Fsp3) is 0.526. The predicted octanol–water partition coefficient (Wildman–Crippen LogP) is 0.985. The SMILES string of the molecule is Cn1c(=O)oc2ccc(C(=O)N3CCCN(C(=O)C4CCCO4)CC3)cc21. The summed E-state index contributed by atoms with van der Waals surface area (Å²) in [4.78, 5) is 40.7. The average Bonchev–Trinajstić information content (AvgIpc) is 3.22. The van der Waals surface area contributed by atoms with Crippen LogP contribution in [0.5, 0.6) is 0 Å². The van der Waals surface area contributed by atoms with Crippen LogP contribution >= 0.6 is 0 Å². The number of nitrogens with zero attached hydrogens (tertiary/aromatic N) is 3. The maximum absolute atomic E-state index is 12.9. The van der Waals surface area contributed by atoms with E-state index in [1.165, 1.54) is 4.57 Å². The monoisotopic (exact) mass is 373 g/mol. The van der Waals surface area contributed by atoms with Crippen LogP contribution in [0.3, 0.4) is 0 Å². The zero-order valence-corrected chi connectivity index (χ0v) is 15.3. The Balaban J connectivity index is 1.47. The van der Waals surface area contributed by atoms with Crippen molar-refractivity contribution in [2.24, 2.45) is 7.05 Å². The van der Waals surface area contributed by atoms with E-state index in [2.05, 4.69) is 0 Å². The summed E-state index contributed by atoms with van der Waals surface area (Å²) in [7, 11) is 1.61. The van der Waals surface area contributed by atoms with E-state index in [1.807, 2.05) is 4.90 Å². The van der Waals surface area contributed by atoms with Crippen LogP contribution in [-0.4, -0.2) is 65.1 Å². The molecule has 1 aromatic carbocycles. The van der Waals surface area contributed by atoms with Crippen molar-refractivity contribution in [1.82, 2.24) is 14.4 Å². The number of ether oxygens (including phenoxy) is 1. The molecule has 8 heteroatoms. The van der Waals surface area contributed by atoms with Gasteiger partial charge in [0.1, 0.15) is 6.10 Å². The van der Waals surface area contributed by atoms with E-state index in [9.17, 15) is 14.4 Å². The number of carbonyl (C=O) groups excluding carboxylic acids is 2. The van der Waals surface area contributed by atoms with E-state index >= 15 is 0 Å². The van der Waals surface area contributed by atoms with Crippen LogP contribution in [0.25, 0.3) is 11.1 Å². The van der Waals surface area contributed by atoms with Gasteiger partial charge in [-0.1, -0.05) is 0 Å². The molecule has 4 rings (SSSR count). The lowest BCUT2D eigenvalue weighted by Crippen LogP contribution is -2.41. The number of fused-ring (bicyclic) bond motifs is 1. The molecule has 3 heterocycles. The third-order valence-corrected chi connectivity index (χ3v) is 5.34. The smallest absolute Gasteiger partial charge is 0.408 e. The van der Waals surface area contributed by atoms with Crippen LogP contribution in [-0.2, 0) is 16.6 Å². The van der Waals surface area contributed by atoms with Gasteiger partial charge in [-0.15, -0.1) is 0 Å². The minimum atomic E-state index is -0.451. The van der Waals surface area contributed by atoms with E-state index in [-0.39, 0.29) is 17.9 Å². The molecule has 2 saturated heterocycles. The number of benzene rings is 1. The molecule has 1 atom stereocenters. The summed E-state index contributed by atoms with van der Waals surface area (Å²) in [6, 6.07) is 5.01. The van der Waals surface area contributed by atoms with Gasteiger partial charge < -0.3 is 19.0 Å². The second-order valence-corrected chi connectivity index (χ2v) is 7.08. The van der Waals surface area contributed by atoms with Crippen molar-refractivity contribution in [1.29, 1.82) is 0 Å². The van der Waals surface area contributed by atoms with Gasteiger partial charge in [0.25, 0.3) is 11.8 Å². The lowest BCUT2D eigenvalue weighted by molar-refractivity contribution is -0.140. The lowest BCUT2D eigenvalue weighted by Gasteiger charge is -2.24. The largest absolute Gasteiger partial charge is 0.419 e. The molecular formula is C19H23N3O5. The molecular weight excluding hydrogens is 350 g/mol. The molecule has 2 aromatic rings. The third-order valence-electron chi connectivity index (χ3n) is 5.34. The Labute approximate surface area is 156 Å². The van der Waals surface area contributed by atoms with Gasteiger partial charge in [0.15, 0.2) is 5.58 Å². The van der Waals surface area contributed by atoms with E-state index in [0.717, 1.165) is 19.3 Å². The predicted molar refractivity (Wildman–Crippen MR) is 97.5 cm³/mol. The molecule has 2 aliphatic rings. The first-order chi connectivity index (χ1) is 13.0. The number of aryl methyl sites for hydroxylation is 1. The van der Waals surface area contributed by atoms with Crippen LogP contribution in [0.2, 0.25) is 0 Å². The Bertz CT molecular complexity index is 925. The second kappa shape index (κ2) is 7.19. The van der Waals surface area contributed by atoms with E-state index in [4.69, 9.17) is 9.15 Å². The van der Waals surface area contributed by atoms with Gasteiger partial charge in [-0.2, -0.15) is 0 Å². The van der Waals surface area contributed by atoms with Gasteiger partial charge in [0.2, 0.25) is 0 Å². The van der Waals surface area contributed by atoms with Crippen LogP contribution in [0.4, 0.5) is 0 Å². The van der Waals surface area contributed by atoms with Gasteiger partial charge in [-0.3, -0.25) is 14.2 Å². The number of hydrogen-bond donors (Lipinski definition) is 0. The number of hydrogen-bond acceptors (Lipinski definition) is 5. The van der Waals surface area contributed by atoms with Crippen LogP contribution in [0.1, 0.15) is 29.6 Å². The fourth-order valence-corrected chi connectivity index (χ4v) is 3.76. The molecule has 0 saturated carbocycles. The van der Waals surface area contributed by atoms with Gasteiger partial charge >= 0.3 is 5.76 Å². The molecule has 0 N–H and O–H groups in total. The normalized spacial score (nSPS) is 20.9. The fourth-order valence-electron chi connectivity index (χ4n) is 3.76. The Hall–Kier alpha value is -2.61. The maximum atomic E-state index is 12.9. The summed E-state index contributed by atoms with van der Waals surface area (Å²) in [5, 5.41) is 0. The van der Waals surface area contributed by atoms with Crippen molar-refractivity contribution in [3.05, 3.63) is 34.3 Å². The van der Waals surface area contributed by atoms with Crippen molar-refractivity contribution in [2.75, 3.05) is 32.8 Å². The lowest BCUT2D eigenvalue weighted by atomic mass is 10.1. The molecule has 0 spiro atoms. The summed E-state index contributed by atoms with van der Waals surface area (Å²) in [5.74, 6) is -0.513. The van der Waals surface area contributed by atoms with E-state index < -0.39 is 5.76 Å². The summed E-state index contributed by atoms with van der Waals surface area (Å²) < 4.78 is 12.0. The first kappa shape index (κ1) is 17.8. The Kier molecular flexibility index (Phi) is 4.73. The van der Waals surface area contributed by atoms with Gasteiger partial charge in [-0.05, 0) is 37.5 Å². The summed E-state index contributed by atoms with van der Waals surface area (Å²) >= 11 is 0. The van der Waals surface area contributed by atoms with Crippen LogP contribution in [0, 0.1) is 0 Å². The quantitative estimate of drug-likeness (QED) is 0.784. The van der Waals surface area contributed by atoms with Crippen LogP contribution in [0.15, 0.2) is 27.4 Å². The summed E-state index contributed by atoms with van der Waals surface area (Å²) in [6.45, 7) is 2.87. The molecule has 2 amide bonds. The molecule has 0 bridgehead atoms. The highest BCUT2D eigenvalue weighted by molar-refractivity contribution is 5.97. The molecule has 1 unspecified atom stereocenters. The molecule has 8 nitrogen and oxygen atoms in total. The Morgan fingerprint density at radius 1 is 1.07 bits per heavy atom. The number of amides is 2. The zero-order valence-electron chi connectivity index (χ0n) is 15.3. The average molecular weight is 373 g/mol. The summed E-state index contributed by atoms with van der Waals surface area (Å²) in [5.41, 5.74) is 1.57. The zero-order chi connectivity index (χ0) is 19.0. The summed E-state index contributed by atoms with van der Waals surface area (Å²) in [6.07, 6.45) is 2.11. The molecule has 1 aromatic heterocycles. The van der Waals surface area contributed by atoms with Crippen molar-refractivity contribution >= 4 is 22.9 Å². The first-order valence-electron chi connectivity index (χ1n) is 9.34. The maximum Gasteiger partial charge on any atom is 0.419 e. The molecule has 2 fully saturated rings. The van der Waals surface area contributed by atoms with Crippen molar-refractivity contribution < 1.29 is 18.7 Å². The molecule has 0 radical (unpaired) electrons. The Morgan fingerprint density at radius 3 is 2.63 bits per heavy atom. The van der Waals surface area contributed by atoms with E-state index in [1.54, 1.807) is 30.1 Å². The number of aromatic nitrogens is 1. The minimum Gasteiger partial charge on any atom is -0.408 e. The molecule has 2 aliphatic heterocycles. The number of carbonyl (C=O) groups is 2. The first-order valence-corrected chi connectivity index (χ1v) is 9.34. The van der Waals surface area contributed by atoms with E-state index in [0.29, 0.717) is 49.4 Å². The topological polar surface area (TPSA) is 85.0 Å². The number of rotatable bonds is 2. The van der Waals surface area contributed by atoms with Crippen LogP contribution < -0.4 is 5.76 Å². The minimum absolute atomic E-state index is 0.0385. The number of oxazole rings is 1.